The summed E-state index contributed by atoms with van der Waals surface area (Å²) in [7, 11) is 3.15. The molecule has 4 aromatic carbocycles. The van der Waals surface area contributed by atoms with Crippen molar-refractivity contribution in [2.45, 2.75) is 10.1 Å². The number of thioether (sulfide) groups is 1. The van der Waals surface area contributed by atoms with Crippen LogP contribution in [0.3, 0.4) is 0 Å². The van der Waals surface area contributed by atoms with Gasteiger partial charge in [-0.1, -0.05) is 48.5 Å². The first-order chi connectivity index (χ1) is 17.6. The van der Waals surface area contributed by atoms with E-state index in [4.69, 9.17) is 9.47 Å². The number of para-hydroxylation sites is 2. The van der Waals surface area contributed by atoms with Gasteiger partial charge < -0.3 is 20.1 Å². The Kier molecular flexibility index (Phi) is 8.26. The molecule has 1 unspecified atom stereocenters. The number of carbonyl (C=O) groups is 2. The van der Waals surface area contributed by atoms with Gasteiger partial charge in [0.2, 0.25) is 5.91 Å². The third-order valence-electron chi connectivity index (χ3n) is 5.40. The van der Waals surface area contributed by atoms with Crippen molar-refractivity contribution in [3.05, 3.63) is 114 Å². The number of ether oxygens (including phenoxy) is 2. The lowest BCUT2D eigenvalue weighted by atomic mass is 10.1. The van der Waals surface area contributed by atoms with E-state index in [0.717, 1.165) is 10.5 Å². The van der Waals surface area contributed by atoms with Crippen LogP contribution in [0.15, 0.2) is 108 Å². The predicted molar refractivity (Wildman–Crippen MR) is 144 cm³/mol. The molecule has 0 aromatic heterocycles. The Bertz CT molecular complexity index is 1330. The van der Waals surface area contributed by atoms with E-state index < -0.39 is 5.25 Å². The van der Waals surface area contributed by atoms with Crippen LogP contribution in [0.5, 0.6) is 11.5 Å². The monoisotopic (exact) mass is 498 g/mol. The Morgan fingerprint density at radius 3 is 2.19 bits per heavy atom. The van der Waals surface area contributed by atoms with Gasteiger partial charge in [-0.2, -0.15) is 0 Å². The number of rotatable bonds is 9. The second-order valence-electron chi connectivity index (χ2n) is 7.81. The Balaban J connectivity index is 1.53. The fourth-order valence-corrected chi connectivity index (χ4v) is 4.66. The summed E-state index contributed by atoms with van der Waals surface area (Å²) in [5.41, 5.74) is 2.62. The number of amides is 2. The Hall–Kier alpha value is -4.23. The highest BCUT2D eigenvalue weighted by Crippen LogP contribution is 2.38. The standard InChI is InChI=1S/C29H26N2O4S/c1-34-23-17-15-21(16-18-23)28(32)30-22-11-8-12-24(19-22)36-27(20-9-4-3-5-10-20)29(33)31-25-13-6-7-14-26(25)35-2/h3-19,27H,1-2H3,(H,30,32)(H,31,33). The van der Waals surface area contributed by atoms with Crippen molar-refractivity contribution < 1.29 is 19.1 Å². The maximum absolute atomic E-state index is 13.4. The van der Waals surface area contributed by atoms with Gasteiger partial charge in [-0.3, -0.25) is 9.59 Å². The number of benzene rings is 4. The predicted octanol–water partition coefficient (Wildman–Crippen LogP) is 6.43. The van der Waals surface area contributed by atoms with E-state index in [1.165, 1.54) is 11.8 Å². The molecule has 4 aromatic rings. The van der Waals surface area contributed by atoms with E-state index in [2.05, 4.69) is 10.6 Å². The highest BCUT2D eigenvalue weighted by Gasteiger charge is 2.23. The van der Waals surface area contributed by atoms with Crippen LogP contribution < -0.4 is 20.1 Å². The third kappa shape index (κ3) is 6.25. The summed E-state index contributed by atoms with van der Waals surface area (Å²) in [5, 5.41) is 5.39. The topological polar surface area (TPSA) is 76.7 Å². The Morgan fingerprint density at radius 1 is 0.750 bits per heavy atom. The summed E-state index contributed by atoms with van der Waals surface area (Å²) >= 11 is 1.40. The molecule has 0 saturated carbocycles. The maximum Gasteiger partial charge on any atom is 0.255 e. The first kappa shape index (κ1) is 24.9. The van der Waals surface area contributed by atoms with Crippen LogP contribution in [-0.2, 0) is 4.79 Å². The number of hydrogen-bond acceptors (Lipinski definition) is 5. The van der Waals surface area contributed by atoms with Crippen LogP contribution >= 0.6 is 11.8 Å². The summed E-state index contributed by atoms with van der Waals surface area (Å²) in [6.07, 6.45) is 0. The van der Waals surface area contributed by atoms with Gasteiger partial charge in [0, 0.05) is 16.1 Å². The first-order valence-corrected chi connectivity index (χ1v) is 12.2. The summed E-state index contributed by atoms with van der Waals surface area (Å²) in [6.45, 7) is 0. The lowest BCUT2D eigenvalue weighted by molar-refractivity contribution is -0.115. The molecule has 0 heterocycles. The average Bonchev–Trinajstić information content (AvgIpc) is 2.92. The quantitative estimate of drug-likeness (QED) is 0.260. The molecule has 1 atom stereocenters. The highest BCUT2D eigenvalue weighted by molar-refractivity contribution is 8.00. The van der Waals surface area contributed by atoms with Gasteiger partial charge in [-0.15, -0.1) is 11.8 Å². The zero-order chi connectivity index (χ0) is 25.3. The lowest BCUT2D eigenvalue weighted by Gasteiger charge is -2.18. The molecule has 7 heteroatoms. The molecule has 6 nitrogen and oxygen atoms in total. The van der Waals surface area contributed by atoms with Crippen molar-refractivity contribution in [3.63, 3.8) is 0 Å². The molecule has 0 radical (unpaired) electrons. The second kappa shape index (κ2) is 12.0. The summed E-state index contributed by atoms with van der Waals surface area (Å²) in [6, 6.07) is 31.2. The minimum atomic E-state index is -0.524. The van der Waals surface area contributed by atoms with Crippen LogP contribution in [0, 0.1) is 0 Å². The molecule has 4 rings (SSSR count). The molecule has 0 aliphatic heterocycles. The maximum atomic E-state index is 13.4. The van der Waals surface area contributed by atoms with E-state index in [1.807, 2.05) is 66.7 Å². The van der Waals surface area contributed by atoms with E-state index in [-0.39, 0.29) is 11.8 Å². The molecular weight excluding hydrogens is 472 g/mol. The van der Waals surface area contributed by atoms with Crippen LogP contribution in [0.1, 0.15) is 21.2 Å². The van der Waals surface area contributed by atoms with Gasteiger partial charge in [0.15, 0.2) is 0 Å². The van der Waals surface area contributed by atoms with Crippen molar-refractivity contribution in [3.8, 4) is 11.5 Å². The van der Waals surface area contributed by atoms with Crippen molar-refractivity contribution in [1.82, 2.24) is 0 Å². The number of nitrogens with one attached hydrogen (secondary N) is 2. The minimum absolute atomic E-state index is 0.177. The molecule has 0 spiro atoms. The molecule has 0 aliphatic carbocycles. The van der Waals surface area contributed by atoms with E-state index in [1.54, 1.807) is 50.6 Å². The molecular formula is C29H26N2O4S. The molecule has 182 valence electrons. The van der Waals surface area contributed by atoms with E-state index >= 15 is 0 Å². The normalized spacial score (nSPS) is 11.3. The largest absolute Gasteiger partial charge is 0.497 e. The number of hydrogen-bond donors (Lipinski definition) is 2. The molecule has 0 fully saturated rings. The number of anilines is 2. The van der Waals surface area contributed by atoms with Crippen molar-refractivity contribution in [2.75, 3.05) is 24.9 Å². The van der Waals surface area contributed by atoms with Crippen LogP contribution in [0.4, 0.5) is 11.4 Å². The van der Waals surface area contributed by atoms with Gasteiger partial charge >= 0.3 is 0 Å². The summed E-state index contributed by atoms with van der Waals surface area (Å²) in [4.78, 5) is 27.0. The number of methoxy groups -OCH3 is 2. The second-order valence-corrected chi connectivity index (χ2v) is 8.99. The van der Waals surface area contributed by atoms with Gasteiger partial charge in [0.1, 0.15) is 16.7 Å². The average molecular weight is 499 g/mol. The lowest BCUT2D eigenvalue weighted by Crippen LogP contribution is -2.19. The fourth-order valence-electron chi connectivity index (χ4n) is 3.58. The molecule has 2 amide bonds. The van der Waals surface area contributed by atoms with Crippen LogP contribution in [-0.4, -0.2) is 26.0 Å². The van der Waals surface area contributed by atoms with Crippen molar-refractivity contribution >= 4 is 35.0 Å². The molecule has 0 aliphatic rings. The van der Waals surface area contributed by atoms with E-state index in [0.29, 0.717) is 28.4 Å². The zero-order valence-corrected chi connectivity index (χ0v) is 20.8. The summed E-state index contributed by atoms with van der Waals surface area (Å²) < 4.78 is 10.5. The van der Waals surface area contributed by atoms with Gasteiger partial charge in [0.05, 0.1) is 19.9 Å². The fraction of sp³-hybridized carbons (Fsp3) is 0.103. The molecule has 2 N–H and O–H groups in total. The van der Waals surface area contributed by atoms with Crippen LogP contribution in [0.25, 0.3) is 0 Å². The molecule has 0 saturated heterocycles. The van der Waals surface area contributed by atoms with Gasteiger partial charge in [-0.05, 0) is 60.2 Å². The zero-order valence-electron chi connectivity index (χ0n) is 19.9. The minimum Gasteiger partial charge on any atom is -0.497 e. The number of carbonyl (C=O) groups excluding carboxylic acids is 2. The molecule has 36 heavy (non-hydrogen) atoms. The Labute approximate surface area is 214 Å². The Morgan fingerprint density at radius 2 is 1.47 bits per heavy atom. The summed E-state index contributed by atoms with van der Waals surface area (Å²) in [5.74, 6) is 0.867. The van der Waals surface area contributed by atoms with Crippen molar-refractivity contribution in [1.29, 1.82) is 0 Å². The van der Waals surface area contributed by atoms with E-state index in [9.17, 15) is 9.59 Å². The van der Waals surface area contributed by atoms with Crippen molar-refractivity contribution in [2.24, 2.45) is 0 Å². The van der Waals surface area contributed by atoms with Gasteiger partial charge in [-0.25, -0.2) is 0 Å². The first-order valence-electron chi connectivity index (χ1n) is 11.3. The highest BCUT2D eigenvalue weighted by atomic mass is 32.2. The smallest absolute Gasteiger partial charge is 0.255 e. The van der Waals surface area contributed by atoms with Gasteiger partial charge in [0.25, 0.3) is 5.91 Å². The third-order valence-corrected chi connectivity index (χ3v) is 6.65. The SMILES string of the molecule is COc1ccc(C(=O)Nc2cccc(SC(C(=O)Nc3ccccc3OC)c3ccccc3)c2)cc1. The van der Waals surface area contributed by atoms with Crippen LogP contribution in [0.2, 0.25) is 0 Å². The molecule has 0 bridgehead atoms.